The van der Waals surface area contributed by atoms with Crippen molar-refractivity contribution < 1.29 is 13.9 Å². The second-order valence-corrected chi connectivity index (χ2v) is 4.36. The first-order valence-electron chi connectivity index (χ1n) is 6.43. The van der Waals surface area contributed by atoms with E-state index in [1.54, 1.807) is 18.2 Å². The molecule has 2 rings (SSSR count). The lowest BCUT2D eigenvalue weighted by Gasteiger charge is -2.12. The number of rotatable bonds is 6. The fraction of sp³-hybridized carbons (Fsp3) is 0.250. The molecule has 106 valence electrons. The quantitative estimate of drug-likeness (QED) is 0.878. The fourth-order valence-corrected chi connectivity index (χ4v) is 1.96. The second kappa shape index (κ2) is 6.91. The zero-order chi connectivity index (χ0) is 14.4. The summed E-state index contributed by atoms with van der Waals surface area (Å²) in [5, 5.41) is 3.08. The number of halogens is 1. The van der Waals surface area contributed by atoms with Crippen LogP contribution < -0.4 is 14.8 Å². The molecule has 0 saturated heterocycles. The molecule has 1 N–H and O–H groups in total. The van der Waals surface area contributed by atoms with E-state index in [0.29, 0.717) is 12.1 Å². The number of methoxy groups -OCH3 is 1. The summed E-state index contributed by atoms with van der Waals surface area (Å²) in [6, 6.07) is 12.7. The van der Waals surface area contributed by atoms with E-state index in [2.05, 4.69) is 5.32 Å². The molecule has 0 aromatic heterocycles. The maximum atomic E-state index is 14.0. The fourth-order valence-electron chi connectivity index (χ4n) is 1.96. The van der Waals surface area contributed by atoms with Crippen LogP contribution in [-0.4, -0.2) is 14.2 Å². The van der Waals surface area contributed by atoms with Crippen LogP contribution in [0, 0.1) is 5.82 Å². The van der Waals surface area contributed by atoms with E-state index in [9.17, 15) is 4.39 Å². The van der Waals surface area contributed by atoms with Crippen molar-refractivity contribution in [2.24, 2.45) is 0 Å². The van der Waals surface area contributed by atoms with E-state index in [1.807, 2.05) is 31.3 Å². The Bertz CT molecular complexity index is 572. The minimum Gasteiger partial charge on any atom is -0.494 e. The highest BCUT2D eigenvalue weighted by Gasteiger charge is 2.09. The van der Waals surface area contributed by atoms with Crippen LogP contribution in [0.5, 0.6) is 11.5 Å². The summed E-state index contributed by atoms with van der Waals surface area (Å²) in [6.45, 7) is 0.876. The molecule has 3 nitrogen and oxygen atoms in total. The Morgan fingerprint density at radius 3 is 2.45 bits per heavy atom. The maximum absolute atomic E-state index is 14.0. The molecule has 2 aromatic carbocycles. The largest absolute Gasteiger partial charge is 0.494 e. The number of benzene rings is 2. The van der Waals surface area contributed by atoms with E-state index in [0.717, 1.165) is 11.3 Å². The predicted molar refractivity (Wildman–Crippen MR) is 76.5 cm³/mol. The first kappa shape index (κ1) is 14.3. The molecule has 0 bridgehead atoms. The summed E-state index contributed by atoms with van der Waals surface area (Å²) in [5.41, 5.74) is 1.52. The van der Waals surface area contributed by atoms with Crippen molar-refractivity contribution in [2.45, 2.75) is 13.2 Å². The molecule has 0 aliphatic carbocycles. The van der Waals surface area contributed by atoms with Crippen molar-refractivity contribution in [3.8, 4) is 11.5 Å². The van der Waals surface area contributed by atoms with Crippen LogP contribution in [0.1, 0.15) is 11.1 Å². The summed E-state index contributed by atoms with van der Waals surface area (Å²) < 4.78 is 24.7. The molecule has 20 heavy (non-hydrogen) atoms. The van der Waals surface area contributed by atoms with Gasteiger partial charge >= 0.3 is 0 Å². The Morgan fingerprint density at radius 2 is 1.70 bits per heavy atom. The van der Waals surface area contributed by atoms with E-state index in [1.165, 1.54) is 7.11 Å². The van der Waals surface area contributed by atoms with Gasteiger partial charge in [-0.3, -0.25) is 0 Å². The first-order chi connectivity index (χ1) is 9.76. The van der Waals surface area contributed by atoms with Crippen molar-refractivity contribution in [3.63, 3.8) is 0 Å². The average molecular weight is 275 g/mol. The lowest BCUT2D eigenvalue weighted by Crippen LogP contribution is -2.08. The summed E-state index contributed by atoms with van der Waals surface area (Å²) in [5.74, 6) is 0.611. The summed E-state index contributed by atoms with van der Waals surface area (Å²) in [7, 11) is 3.32. The van der Waals surface area contributed by atoms with Crippen molar-refractivity contribution >= 4 is 0 Å². The molecule has 0 spiro atoms. The molecule has 0 amide bonds. The normalized spacial score (nSPS) is 10.3. The van der Waals surface area contributed by atoms with Crippen molar-refractivity contribution in [1.82, 2.24) is 5.32 Å². The van der Waals surface area contributed by atoms with Crippen molar-refractivity contribution in [3.05, 3.63) is 59.4 Å². The van der Waals surface area contributed by atoms with E-state index in [4.69, 9.17) is 9.47 Å². The van der Waals surface area contributed by atoms with E-state index in [-0.39, 0.29) is 18.2 Å². The minimum atomic E-state index is -0.374. The molecule has 0 atom stereocenters. The van der Waals surface area contributed by atoms with Gasteiger partial charge in [-0.25, -0.2) is 4.39 Å². The lowest BCUT2D eigenvalue weighted by molar-refractivity contribution is 0.292. The lowest BCUT2D eigenvalue weighted by atomic mass is 10.2. The molecule has 0 aliphatic rings. The van der Waals surface area contributed by atoms with Gasteiger partial charge < -0.3 is 14.8 Å². The van der Waals surface area contributed by atoms with Gasteiger partial charge in [-0.15, -0.1) is 0 Å². The Kier molecular flexibility index (Phi) is 4.96. The molecular formula is C16H18FNO2. The highest BCUT2D eigenvalue weighted by atomic mass is 19.1. The molecule has 0 fully saturated rings. The summed E-state index contributed by atoms with van der Waals surface area (Å²) >= 11 is 0. The Labute approximate surface area is 118 Å². The SMILES string of the molecule is CNCc1ccccc1OCc1cccc(OC)c1F. The van der Waals surface area contributed by atoms with E-state index < -0.39 is 0 Å². The van der Waals surface area contributed by atoms with Gasteiger partial charge in [0.2, 0.25) is 0 Å². The zero-order valence-electron chi connectivity index (χ0n) is 11.7. The Morgan fingerprint density at radius 1 is 1.00 bits per heavy atom. The topological polar surface area (TPSA) is 30.5 Å². The molecule has 0 radical (unpaired) electrons. The van der Waals surface area contributed by atoms with E-state index >= 15 is 0 Å². The smallest absolute Gasteiger partial charge is 0.171 e. The third-order valence-corrected chi connectivity index (χ3v) is 2.99. The highest BCUT2D eigenvalue weighted by molar-refractivity contribution is 5.34. The molecule has 0 aliphatic heterocycles. The zero-order valence-corrected chi connectivity index (χ0v) is 11.7. The molecule has 0 heterocycles. The van der Waals surface area contributed by atoms with Crippen LogP contribution >= 0.6 is 0 Å². The minimum absolute atomic E-state index is 0.170. The number of para-hydroxylation sites is 1. The van der Waals surface area contributed by atoms with Crippen LogP contribution in [0.25, 0.3) is 0 Å². The van der Waals surface area contributed by atoms with Gasteiger partial charge in [0.25, 0.3) is 0 Å². The van der Waals surface area contributed by atoms with Crippen LogP contribution in [-0.2, 0) is 13.2 Å². The van der Waals surface area contributed by atoms with Gasteiger partial charge in [-0.2, -0.15) is 0 Å². The van der Waals surface area contributed by atoms with Gasteiger partial charge in [0.05, 0.1) is 7.11 Å². The summed E-state index contributed by atoms with van der Waals surface area (Å²) in [4.78, 5) is 0. The van der Waals surface area contributed by atoms with Gasteiger partial charge in [-0.05, 0) is 19.2 Å². The van der Waals surface area contributed by atoms with Crippen LogP contribution in [0.15, 0.2) is 42.5 Å². The van der Waals surface area contributed by atoms with Gasteiger partial charge in [0, 0.05) is 17.7 Å². The monoisotopic (exact) mass is 275 g/mol. The van der Waals surface area contributed by atoms with Gasteiger partial charge in [0.15, 0.2) is 11.6 Å². The first-order valence-corrected chi connectivity index (χ1v) is 6.43. The van der Waals surface area contributed by atoms with Crippen LogP contribution in [0.4, 0.5) is 4.39 Å². The molecule has 0 saturated carbocycles. The number of hydrogen-bond acceptors (Lipinski definition) is 3. The highest BCUT2D eigenvalue weighted by Crippen LogP contribution is 2.23. The molecular weight excluding hydrogens is 257 g/mol. The summed E-state index contributed by atoms with van der Waals surface area (Å²) in [6.07, 6.45) is 0. The third-order valence-electron chi connectivity index (χ3n) is 2.99. The predicted octanol–water partition coefficient (Wildman–Crippen LogP) is 3.13. The van der Waals surface area contributed by atoms with Gasteiger partial charge in [-0.1, -0.05) is 30.3 Å². The van der Waals surface area contributed by atoms with Gasteiger partial charge in [0.1, 0.15) is 12.4 Å². The average Bonchev–Trinajstić information content (AvgIpc) is 2.48. The number of hydrogen-bond donors (Lipinski definition) is 1. The Balaban J connectivity index is 2.13. The number of ether oxygens (including phenoxy) is 2. The van der Waals surface area contributed by atoms with Crippen LogP contribution in [0.3, 0.4) is 0 Å². The Hall–Kier alpha value is -2.07. The molecule has 2 aromatic rings. The third kappa shape index (κ3) is 3.27. The standard InChI is InChI=1S/C16H18FNO2/c1-18-10-12-6-3-4-8-14(12)20-11-13-7-5-9-15(19-2)16(13)17/h3-9,18H,10-11H2,1-2H3. The van der Waals surface area contributed by atoms with Crippen molar-refractivity contribution in [2.75, 3.05) is 14.2 Å². The number of nitrogens with one attached hydrogen (secondary N) is 1. The second-order valence-electron chi connectivity index (χ2n) is 4.36. The van der Waals surface area contributed by atoms with Crippen LogP contribution in [0.2, 0.25) is 0 Å². The molecule has 0 unspecified atom stereocenters. The maximum Gasteiger partial charge on any atom is 0.171 e. The molecule has 4 heteroatoms. The van der Waals surface area contributed by atoms with Crippen molar-refractivity contribution in [1.29, 1.82) is 0 Å².